The molecule has 0 fully saturated rings. The first-order chi connectivity index (χ1) is 8.29. The van der Waals surface area contributed by atoms with E-state index in [1.165, 1.54) is 0 Å². The zero-order valence-corrected chi connectivity index (χ0v) is 9.42. The van der Waals surface area contributed by atoms with Crippen LogP contribution in [0.2, 0.25) is 0 Å². The van der Waals surface area contributed by atoms with Crippen molar-refractivity contribution >= 4 is 11.0 Å². The molecule has 5 nitrogen and oxygen atoms in total. The molecule has 5 heteroatoms. The summed E-state index contributed by atoms with van der Waals surface area (Å²) in [5.74, 6) is 0. The van der Waals surface area contributed by atoms with Gasteiger partial charge in [0.2, 0.25) is 0 Å². The van der Waals surface area contributed by atoms with Crippen LogP contribution in [-0.2, 0) is 6.54 Å². The number of nitrogens with one attached hydrogen (secondary N) is 3. The number of aromatic amines is 2. The van der Waals surface area contributed by atoms with Gasteiger partial charge in [-0.2, -0.15) is 5.26 Å². The Bertz CT molecular complexity index is 590. The van der Waals surface area contributed by atoms with E-state index in [-0.39, 0.29) is 5.69 Å². The van der Waals surface area contributed by atoms with Gasteiger partial charge in [-0.3, -0.25) is 0 Å². The lowest BCUT2D eigenvalue weighted by molar-refractivity contribution is 0.658. The number of unbranched alkanes of at least 4 members (excludes halogenated alkanes) is 1. The number of rotatable bonds is 5. The number of H-pyrrole nitrogens is 2. The molecule has 17 heavy (non-hydrogen) atoms. The van der Waals surface area contributed by atoms with Crippen LogP contribution >= 0.6 is 0 Å². The van der Waals surface area contributed by atoms with Gasteiger partial charge in [-0.15, -0.1) is 0 Å². The summed E-state index contributed by atoms with van der Waals surface area (Å²) in [6.45, 7) is 1.57. The van der Waals surface area contributed by atoms with Crippen molar-refractivity contribution in [2.45, 2.75) is 19.4 Å². The maximum Gasteiger partial charge on any atom is 0.323 e. The first kappa shape index (κ1) is 11.4. The molecule has 0 saturated carbocycles. The average molecular weight is 230 g/mol. The predicted octanol–water partition coefficient (Wildman–Crippen LogP) is 1.25. The second kappa shape index (κ2) is 5.32. The SMILES string of the molecule is N#CCCCNCc1ccc2[nH]c(=O)[nH]c2c1. The van der Waals surface area contributed by atoms with Gasteiger partial charge < -0.3 is 15.3 Å². The Labute approximate surface area is 98.5 Å². The van der Waals surface area contributed by atoms with Gasteiger partial charge in [0.05, 0.1) is 17.1 Å². The van der Waals surface area contributed by atoms with Crippen LogP contribution in [0.4, 0.5) is 0 Å². The normalized spacial score (nSPS) is 10.5. The fraction of sp³-hybridized carbons (Fsp3) is 0.333. The highest BCUT2D eigenvalue weighted by molar-refractivity contribution is 5.74. The topological polar surface area (TPSA) is 84.5 Å². The molecule has 0 atom stereocenters. The van der Waals surface area contributed by atoms with Crippen molar-refractivity contribution in [3.05, 3.63) is 34.2 Å². The Morgan fingerprint density at radius 2 is 2.12 bits per heavy atom. The van der Waals surface area contributed by atoms with Crippen LogP contribution in [0.25, 0.3) is 11.0 Å². The van der Waals surface area contributed by atoms with Crippen LogP contribution in [0.5, 0.6) is 0 Å². The second-order valence-corrected chi connectivity index (χ2v) is 3.90. The van der Waals surface area contributed by atoms with E-state index in [0.717, 1.165) is 36.1 Å². The number of benzene rings is 1. The molecule has 0 radical (unpaired) electrons. The molecule has 1 aromatic carbocycles. The third kappa shape index (κ3) is 2.95. The minimum Gasteiger partial charge on any atom is -0.313 e. The maximum absolute atomic E-state index is 11.1. The van der Waals surface area contributed by atoms with Gasteiger partial charge >= 0.3 is 5.69 Å². The summed E-state index contributed by atoms with van der Waals surface area (Å²) in [4.78, 5) is 16.5. The Morgan fingerprint density at radius 1 is 1.29 bits per heavy atom. The Hall–Kier alpha value is -2.06. The summed E-state index contributed by atoms with van der Waals surface area (Å²) in [5, 5.41) is 11.6. The van der Waals surface area contributed by atoms with Crippen molar-refractivity contribution in [2.24, 2.45) is 0 Å². The van der Waals surface area contributed by atoms with Gasteiger partial charge in [0.15, 0.2) is 0 Å². The highest BCUT2D eigenvalue weighted by Gasteiger charge is 1.99. The molecule has 0 bridgehead atoms. The van der Waals surface area contributed by atoms with E-state index in [1.54, 1.807) is 0 Å². The summed E-state index contributed by atoms with van der Waals surface area (Å²) in [5.41, 5.74) is 2.58. The largest absolute Gasteiger partial charge is 0.323 e. The summed E-state index contributed by atoms with van der Waals surface area (Å²) < 4.78 is 0. The smallest absolute Gasteiger partial charge is 0.313 e. The molecular formula is C12H14N4O. The standard InChI is InChI=1S/C12H14N4O/c13-5-1-2-6-14-8-9-3-4-10-11(7-9)16-12(17)15-10/h3-4,7,14H,1-2,6,8H2,(H2,15,16,17). The van der Waals surface area contributed by atoms with E-state index in [0.29, 0.717) is 6.42 Å². The molecule has 3 N–H and O–H groups in total. The van der Waals surface area contributed by atoms with Crippen molar-refractivity contribution in [3.63, 3.8) is 0 Å². The molecule has 0 unspecified atom stereocenters. The van der Waals surface area contributed by atoms with Crippen molar-refractivity contribution in [1.29, 1.82) is 5.26 Å². The summed E-state index contributed by atoms with van der Waals surface area (Å²) in [6.07, 6.45) is 1.44. The van der Waals surface area contributed by atoms with Crippen LogP contribution in [0, 0.1) is 11.3 Å². The number of nitriles is 1. The van der Waals surface area contributed by atoms with Gasteiger partial charge in [0.1, 0.15) is 0 Å². The molecule has 0 aliphatic carbocycles. The van der Waals surface area contributed by atoms with Crippen LogP contribution in [0.3, 0.4) is 0 Å². The number of fused-ring (bicyclic) bond motifs is 1. The third-order valence-corrected chi connectivity index (χ3v) is 2.55. The van der Waals surface area contributed by atoms with E-state index in [1.807, 2.05) is 18.2 Å². The third-order valence-electron chi connectivity index (χ3n) is 2.55. The summed E-state index contributed by atoms with van der Waals surface area (Å²) in [6, 6.07) is 7.92. The Morgan fingerprint density at radius 3 is 2.94 bits per heavy atom. The van der Waals surface area contributed by atoms with Crippen LogP contribution < -0.4 is 11.0 Å². The maximum atomic E-state index is 11.1. The molecule has 2 rings (SSSR count). The van der Waals surface area contributed by atoms with E-state index in [2.05, 4.69) is 21.4 Å². The molecule has 0 amide bonds. The number of hydrogen-bond donors (Lipinski definition) is 3. The molecule has 0 spiro atoms. The lowest BCUT2D eigenvalue weighted by atomic mass is 10.2. The molecule has 0 aliphatic heterocycles. The highest BCUT2D eigenvalue weighted by Crippen LogP contribution is 2.09. The zero-order valence-electron chi connectivity index (χ0n) is 9.42. The van der Waals surface area contributed by atoms with Crippen molar-refractivity contribution in [2.75, 3.05) is 6.54 Å². The number of hydrogen-bond acceptors (Lipinski definition) is 3. The molecule has 1 heterocycles. The van der Waals surface area contributed by atoms with E-state index in [9.17, 15) is 4.79 Å². The monoisotopic (exact) mass is 230 g/mol. The van der Waals surface area contributed by atoms with Gasteiger partial charge in [-0.25, -0.2) is 4.79 Å². The van der Waals surface area contributed by atoms with Crippen molar-refractivity contribution in [1.82, 2.24) is 15.3 Å². The second-order valence-electron chi connectivity index (χ2n) is 3.90. The fourth-order valence-electron chi connectivity index (χ4n) is 1.71. The van der Waals surface area contributed by atoms with Gasteiger partial charge in [0, 0.05) is 13.0 Å². The van der Waals surface area contributed by atoms with E-state index < -0.39 is 0 Å². The lowest BCUT2D eigenvalue weighted by Gasteiger charge is -2.03. The van der Waals surface area contributed by atoms with Crippen LogP contribution in [0.1, 0.15) is 18.4 Å². The minimum atomic E-state index is -0.181. The lowest BCUT2D eigenvalue weighted by Crippen LogP contribution is -2.14. The molecular weight excluding hydrogens is 216 g/mol. The quantitative estimate of drug-likeness (QED) is 0.676. The molecule has 0 aliphatic rings. The van der Waals surface area contributed by atoms with Crippen molar-refractivity contribution in [3.8, 4) is 6.07 Å². The Kier molecular flexibility index (Phi) is 3.58. The van der Waals surface area contributed by atoms with E-state index >= 15 is 0 Å². The van der Waals surface area contributed by atoms with Crippen LogP contribution in [-0.4, -0.2) is 16.5 Å². The number of imidazole rings is 1. The average Bonchev–Trinajstić information content (AvgIpc) is 2.68. The number of nitrogens with zero attached hydrogens (tertiary/aromatic N) is 1. The predicted molar refractivity (Wildman–Crippen MR) is 65.5 cm³/mol. The molecule has 1 aromatic heterocycles. The fourth-order valence-corrected chi connectivity index (χ4v) is 1.71. The summed E-state index contributed by atoms with van der Waals surface area (Å²) >= 11 is 0. The molecule has 0 saturated heterocycles. The highest BCUT2D eigenvalue weighted by atomic mass is 16.1. The molecule has 88 valence electrons. The van der Waals surface area contributed by atoms with Gasteiger partial charge in [0.25, 0.3) is 0 Å². The van der Waals surface area contributed by atoms with Crippen LogP contribution in [0.15, 0.2) is 23.0 Å². The van der Waals surface area contributed by atoms with Gasteiger partial charge in [-0.05, 0) is 30.7 Å². The minimum absolute atomic E-state index is 0.181. The first-order valence-electron chi connectivity index (χ1n) is 5.58. The first-order valence-corrected chi connectivity index (χ1v) is 5.58. The van der Waals surface area contributed by atoms with E-state index in [4.69, 9.17) is 5.26 Å². The summed E-state index contributed by atoms with van der Waals surface area (Å²) in [7, 11) is 0. The number of aromatic nitrogens is 2. The van der Waals surface area contributed by atoms with Gasteiger partial charge in [-0.1, -0.05) is 6.07 Å². The Balaban J connectivity index is 1.95. The zero-order chi connectivity index (χ0) is 12.1. The van der Waals surface area contributed by atoms with Crippen molar-refractivity contribution < 1.29 is 0 Å². The molecule has 2 aromatic rings.